The minimum absolute atomic E-state index is 0.318. The highest BCUT2D eigenvalue weighted by molar-refractivity contribution is 7.11. The van der Waals surface area contributed by atoms with Crippen molar-refractivity contribution in [2.75, 3.05) is 0 Å². The Bertz CT molecular complexity index is 846. The second-order valence-electron chi connectivity index (χ2n) is 5.20. The summed E-state index contributed by atoms with van der Waals surface area (Å²) in [5.41, 5.74) is 6.89. The molecule has 3 rings (SSSR count). The number of hydrogen-bond acceptors (Lipinski definition) is 4. The number of H-pyrrole nitrogens is 1. The highest BCUT2D eigenvalue weighted by Gasteiger charge is 2.10. The van der Waals surface area contributed by atoms with Crippen molar-refractivity contribution >= 4 is 23.5 Å². The van der Waals surface area contributed by atoms with E-state index in [4.69, 9.17) is 0 Å². The maximum atomic E-state index is 12.1. The van der Waals surface area contributed by atoms with Crippen molar-refractivity contribution in [3.05, 3.63) is 63.5 Å². The lowest BCUT2D eigenvalue weighted by Crippen LogP contribution is -2.17. The number of carbonyl (C=O) groups is 1. The van der Waals surface area contributed by atoms with Crippen LogP contribution < -0.4 is 5.43 Å². The van der Waals surface area contributed by atoms with Gasteiger partial charge in [0.15, 0.2) is 0 Å². The van der Waals surface area contributed by atoms with E-state index < -0.39 is 0 Å². The van der Waals surface area contributed by atoms with Crippen LogP contribution in [-0.4, -0.2) is 22.3 Å². The molecule has 0 unspecified atom stereocenters. The number of hydrogen-bond donors (Lipinski definition) is 2. The van der Waals surface area contributed by atoms with Crippen LogP contribution >= 0.6 is 11.3 Å². The smallest absolute Gasteiger partial charge is 0.272 e. The van der Waals surface area contributed by atoms with Crippen LogP contribution in [0.15, 0.2) is 46.9 Å². The van der Waals surface area contributed by atoms with Gasteiger partial charge in [0.05, 0.1) is 11.9 Å². The Kier molecular flexibility index (Phi) is 4.34. The summed E-state index contributed by atoms with van der Waals surface area (Å²) in [6.07, 6.45) is 1.65. The molecule has 2 N–H and O–H groups in total. The van der Waals surface area contributed by atoms with Crippen LogP contribution in [0.4, 0.5) is 0 Å². The monoisotopic (exact) mass is 324 g/mol. The van der Waals surface area contributed by atoms with Crippen LogP contribution in [0.5, 0.6) is 0 Å². The lowest BCUT2D eigenvalue weighted by atomic mass is 10.1. The van der Waals surface area contributed by atoms with Crippen molar-refractivity contribution in [2.24, 2.45) is 5.10 Å². The number of rotatable bonds is 4. The average molecular weight is 324 g/mol. The largest absolute Gasteiger partial charge is 0.289 e. The van der Waals surface area contributed by atoms with E-state index in [1.54, 1.807) is 23.6 Å². The Morgan fingerprint density at radius 1 is 1.26 bits per heavy atom. The van der Waals surface area contributed by atoms with Gasteiger partial charge in [0.2, 0.25) is 0 Å². The van der Waals surface area contributed by atoms with Crippen LogP contribution in [0.3, 0.4) is 0 Å². The highest BCUT2D eigenvalue weighted by atomic mass is 32.1. The van der Waals surface area contributed by atoms with E-state index in [1.165, 1.54) is 5.56 Å². The number of aromatic amines is 1. The van der Waals surface area contributed by atoms with Gasteiger partial charge in [0, 0.05) is 10.4 Å². The molecule has 0 aliphatic heterocycles. The van der Waals surface area contributed by atoms with Crippen molar-refractivity contribution in [3.8, 4) is 11.3 Å². The minimum atomic E-state index is -0.318. The fourth-order valence-electron chi connectivity index (χ4n) is 2.04. The van der Waals surface area contributed by atoms with Crippen molar-refractivity contribution in [2.45, 2.75) is 13.8 Å². The molecule has 0 aliphatic carbocycles. The lowest BCUT2D eigenvalue weighted by molar-refractivity contribution is 0.0950. The van der Waals surface area contributed by atoms with Gasteiger partial charge in [-0.2, -0.15) is 10.2 Å². The predicted octanol–water partition coefficient (Wildman–Crippen LogP) is 3.52. The zero-order valence-electron chi connectivity index (χ0n) is 12.8. The molecule has 0 spiro atoms. The fourth-order valence-corrected chi connectivity index (χ4v) is 2.82. The molecule has 2 heterocycles. The number of carbonyl (C=O) groups excluding carboxylic acids is 1. The maximum Gasteiger partial charge on any atom is 0.289 e. The third-order valence-electron chi connectivity index (χ3n) is 3.42. The summed E-state index contributed by atoms with van der Waals surface area (Å²) < 4.78 is 0. The molecule has 1 aromatic carbocycles. The van der Waals surface area contributed by atoms with Crippen molar-refractivity contribution in [1.29, 1.82) is 0 Å². The summed E-state index contributed by atoms with van der Waals surface area (Å²) in [5, 5.41) is 12.9. The molecule has 3 aromatic rings. The van der Waals surface area contributed by atoms with Gasteiger partial charge in [-0.25, -0.2) is 5.43 Å². The number of aromatic nitrogens is 2. The van der Waals surface area contributed by atoms with Gasteiger partial charge in [0.25, 0.3) is 5.91 Å². The van der Waals surface area contributed by atoms with Gasteiger partial charge in [-0.15, -0.1) is 11.3 Å². The molecule has 0 bridgehead atoms. The molecule has 6 heteroatoms. The maximum absolute atomic E-state index is 12.1. The zero-order chi connectivity index (χ0) is 16.2. The highest BCUT2D eigenvalue weighted by Crippen LogP contribution is 2.18. The third-order valence-corrected chi connectivity index (χ3v) is 4.37. The van der Waals surface area contributed by atoms with Gasteiger partial charge in [-0.3, -0.25) is 9.89 Å². The Labute approximate surface area is 138 Å². The normalized spacial score (nSPS) is 11.0. The van der Waals surface area contributed by atoms with Gasteiger partial charge in [-0.1, -0.05) is 29.8 Å². The van der Waals surface area contributed by atoms with E-state index in [0.29, 0.717) is 5.69 Å². The quantitative estimate of drug-likeness (QED) is 0.569. The van der Waals surface area contributed by atoms with Crippen molar-refractivity contribution in [1.82, 2.24) is 15.6 Å². The molecule has 0 radical (unpaired) electrons. The number of thiophene rings is 1. The fraction of sp³-hybridized carbons (Fsp3) is 0.118. The standard InChI is InChI=1S/C17H16N4OS/c1-11-3-5-13(6-4-11)14-9-15(20-19-14)17(22)21-18-10-16-12(2)7-8-23-16/h3-10H,1-2H3,(H,19,20)(H,21,22). The average Bonchev–Trinajstić information content (AvgIpc) is 3.18. The Morgan fingerprint density at radius 3 is 2.74 bits per heavy atom. The second kappa shape index (κ2) is 6.58. The Hall–Kier alpha value is -2.73. The molecule has 2 aromatic heterocycles. The van der Waals surface area contributed by atoms with E-state index in [9.17, 15) is 4.79 Å². The topological polar surface area (TPSA) is 70.1 Å². The molecule has 0 atom stereocenters. The molecular weight excluding hydrogens is 308 g/mol. The zero-order valence-corrected chi connectivity index (χ0v) is 13.6. The van der Waals surface area contributed by atoms with Gasteiger partial charge in [-0.05, 0) is 36.9 Å². The molecule has 5 nitrogen and oxygen atoms in total. The summed E-state index contributed by atoms with van der Waals surface area (Å²) in [6.45, 7) is 4.03. The van der Waals surface area contributed by atoms with Crippen LogP contribution in [0.1, 0.15) is 26.5 Å². The van der Waals surface area contributed by atoms with Crippen molar-refractivity contribution in [3.63, 3.8) is 0 Å². The first-order valence-corrected chi connectivity index (χ1v) is 8.01. The van der Waals surface area contributed by atoms with E-state index in [0.717, 1.165) is 21.7 Å². The SMILES string of the molecule is Cc1ccc(-c2cc(C(=O)NN=Cc3sccc3C)[nH]n2)cc1. The van der Waals surface area contributed by atoms with E-state index in [2.05, 4.69) is 20.7 Å². The molecule has 1 amide bonds. The number of amides is 1. The molecule has 0 fully saturated rings. The summed E-state index contributed by atoms with van der Waals surface area (Å²) >= 11 is 1.58. The van der Waals surface area contributed by atoms with Crippen LogP contribution in [0.25, 0.3) is 11.3 Å². The Morgan fingerprint density at radius 2 is 2.04 bits per heavy atom. The van der Waals surface area contributed by atoms with Crippen LogP contribution in [0, 0.1) is 13.8 Å². The molecule has 0 aliphatic rings. The van der Waals surface area contributed by atoms with Gasteiger partial charge < -0.3 is 0 Å². The number of benzene rings is 1. The molecule has 23 heavy (non-hydrogen) atoms. The number of aryl methyl sites for hydroxylation is 2. The van der Waals surface area contributed by atoms with Gasteiger partial charge in [0.1, 0.15) is 5.69 Å². The second-order valence-corrected chi connectivity index (χ2v) is 6.15. The number of hydrazone groups is 1. The van der Waals surface area contributed by atoms with E-state index >= 15 is 0 Å². The predicted molar refractivity (Wildman–Crippen MR) is 92.9 cm³/mol. The minimum Gasteiger partial charge on any atom is -0.272 e. The summed E-state index contributed by atoms with van der Waals surface area (Å²) in [4.78, 5) is 13.1. The molecule has 0 saturated carbocycles. The molecule has 0 saturated heterocycles. The third kappa shape index (κ3) is 3.54. The van der Waals surface area contributed by atoms with Crippen molar-refractivity contribution < 1.29 is 4.79 Å². The van der Waals surface area contributed by atoms with E-state index in [-0.39, 0.29) is 5.91 Å². The molecule has 116 valence electrons. The molecular formula is C17H16N4OS. The summed E-state index contributed by atoms with van der Waals surface area (Å²) in [5.74, 6) is -0.318. The first kappa shape index (κ1) is 15.2. The number of nitrogens with one attached hydrogen (secondary N) is 2. The summed E-state index contributed by atoms with van der Waals surface area (Å²) in [7, 11) is 0. The summed E-state index contributed by atoms with van der Waals surface area (Å²) in [6, 6.07) is 11.7. The van der Waals surface area contributed by atoms with Gasteiger partial charge >= 0.3 is 0 Å². The van der Waals surface area contributed by atoms with Crippen LogP contribution in [0.2, 0.25) is 0 Å². The van der Waals surface area contributed by atoms with E-state index in [1.807, 2.05) is 49.6 Å². The first-order chi connectivity index (χ1) is 11.1. The Balaban J connectivity index is 1.68. The number of nitrogens with zero attached hydrogens (tertiary/aromatic N) is 2. The lowest BCUT2D eigenvalue weighted by Gasteiger charge is -1.96. The first-order valence-electron chi connectivity index (χ1n) is 7.13. The van der Waals surface area contributed by atoms with Crippen LogP contribution in [-0.2, 0) is 0 Å².